The fraction of sp³-hybridized carbons (Fsp3) is 0.450. The first-order valence-electron chi connectivity index (χ1n) is 9.08. The van der Waals surface area contributed by atoms with Crippen LogP contribution < -0.4 is 4.90 Å². The first-order chi connectivity index (χ1) is 12.4. The number of hydrogen-bond acceptors (Lipinski definition) is 3. The van der Waals surface area contributed by atoms with Crippen LogP contribution in [0.3, 0.4) is 0 Å². The number of amides is 2. The molecule has 1 aromatic heterocycles. The molecule has 26 heavy (non-hydrogen) atoms. The van der Waals surface area contributed by atoms with Crippen molar-refractivity contribution < 1.29 is 9.59 Å². The highest BCUT2D eigenvalue weighted by Crippen LogP contribution is 2.22. The summed E-state index contributed by atoms with van der Waals surface area (Å²) in [6.07, 6.45) is 0.831. The van der Waals surface area contributed by atoms with Gasteiger partial charge in [-0.1, -0.05) is 32.0 Å². The molecule has 0 radical (unpaired) electrons. The van der Waals surface area contributed by atoms with E-state index in [9.17, 15) is 9.59 Å². The van der Waals surface area contributed by atoms with Crippen LogP contribution in [0.4, 0.5) is 5.69 Å². The zero-order valence-electron chi connectivity index (χ0n) is 15.8. The molecule has 0 bridgehead atoms. The van der Waals surface area contributed by atoms with Crippen LogP contribution >= 0.6 is 0 Å². The Morgan fingerprint density at radius 2 is 1.92 bits per heavy atom. The summed E-state index contributed by atoms with van der Waals surface area (Å²) in [5, 5.41) is 4.45. The van der Waals surface area contributed by atoms with Crippen molar-refractivity contribution in [3.05, 3.63) is 47.8 Å². The Labute approximate surface area is 154 Å². The number of carbonyl (C=O) groups is 2. The van der Waals surface area contributed by atoms with Gasteiger partial charge in [0.1, 0.15) is 11.7 Å². The van der Waals surface area contributed by atoms with Gasteiger partial charge in [0.2, 0.25) is 5.91 Å². The topological polar surface area (TPSA) is 58.4 Å². The molecule has 1 aliphatic rings. The minimum atomic E-state index is -0.500. The van der Waals surface area contributed by atoms with E-state index < -0.39 is 6.04 Å². The molecule has 0 saturated carbocycles. The average molecular weight is 354 g/mol. The van der Waals surface area contributed by atoms with E-state index in [4.69, 9.17) is 0 Å². The number of aromatic nitrogens is 2. The highest BCUT2D eigenvalue weighted by Gasteiger charge is 2.36. The van der Waals surface area contributed by atoms with Crippen molar-refractivity contribution in [3.63, 3.8) is 0 Å². The zero-order valence-corrected chi connectivity index (χ0v) is 15.8. The smallest absolute Gasteiger partial charge is 0.272 e. The first kappa shape index (κ1) is 18.2. The summed E-state index contributed by atoms with van der Waals surface area (Å²) < 4.78 is 1.63. The van der Waals surface area contributed by atoms with Crippen molar-refractivity contribution in [2.45, 2.75) is 33.2 Å². The molecule has 0 N–H and O–H groups in total. The maximum atomic E-state index is 13.0. The van der Waals surface area contributed by atoms with Gasteiger partial charge >= 0.3 is 0 Å². The van der Waals surface area contributed by atoms with E-state index in [0.29, 0.717) is 24.7 Å². The lowest BCUT2D eigenvalue weighted by atomic mass is 10.1. The maximum Gasteiger partial charge on any atom is 0.272 e. The van der Waals surface area contributed by atoms with E-state index in [2.05, 4.69) is 18.9 Å². The summed E-state index contributed by atoms with van der Waals surface area (Å²) >= 11 is 0. The SMILES string of the molecule is CC(C)Cc1cc(C(=O)N2CCN(c3ccccc3)C(=O)[C@H]2C)n(C)n1. The number of piperazine rings is 1. The van der Waals surface area contributed by atoms with Gasteiger partial charge in [0, 0.05) is 25.8 Å². The molecule has 2 aromatic rings. The van der Waals surface area contributed by atoms with Gasteiger partial charge in [0.15, 0.2) is 0 Å². The molecule has 0 aliphatic carbocycles. The van der Waals surface area contributed by atoms with Crippen LogP contribution in [0.2, 0.25) is 0 Å². The van der Waals surface area contributed by atoms with Gasteiger partial charge in [0.05, 0.1) is 5.69 Å². The predicted molar refractivity (Wildman–Crippen MR) is 101 cm³/mol. The Kier molecular flexibility index (Phi) is 5.11. The third kappa shape index (κ3) is 3.49. The number of benzene rings is 1. The summed E-state index contributed by atoms with van der Waals surface area (Å²) in [5.74, 6) is 0.284. The Balaban J connectivity index is 1.78. The number of rotatable bonds is 4. The monoisotopic (exact) mass is 354 g/mol. The van der Waals surface area contributed by atoms with Crippen LogP contribution in [-0.4, -0.2) is 45.6 Å². The zero-order chi connectivity index (χ0) is 18.8. The third-order valence-electron chi connectivity index (χ3n) is 4.75. The molecule has 1 fully saturated rings. The summed E-state index contributed by atoms with van der Waals surface area (Å²) in [4.78, 5) is 29.2. The quantitative estimate of drug-likeness (QED) is 0.848. The van der Waals surface area contributed by atoms with E-state index in [1.165, 1.54) is 0 Å². The van der Waals surface area contributed by atoms with Crippen LogP contribution in [0.1, 0.15) is 37.0 Å². The van der Waals surface area contributed by atoms with Crippen LogP contribution in [0.15, 0.2) is 36.4 Å². The fourth-order valence-corrected chi connectivity index (χ4v) is 3.40. The number of nitrogens with zero attached hydrogens (tertiary/aromatic N) is 4. The van der Waals surface area contributed by atoms with Gasteiger partial charge in [-0.2, -0.15) is 5.10 Å². The summed E-state index contributed by atoms with van der Waals surface area (Å²) in [7, 11) is 1.78. The van der Waals surface area contributed by atoms with Crippen LogP contribution in [0, 0.1) is 5.92 Å². The first-order valence-corrected chi connectivity index (χ1v) is 9.08. The number of hydrogen-bond donors (Lipinski definition) is 0. The van der Waals surface area contributed by atoms with E-state index >= 15 is 0 Å². The van der Waals surface area contributed by atoms with Crippen molar-refractivity contribution in [1.82, 2.24) is 14.7 Å². The molecule has 1 aromatic carbocycles. The van der Waals surface area contributed by atoms with Crippen molar-refractivity contribution in [2.24, 2.45) is 13.0 Å². The Morgan fingerprint density at radius 3 is 2.58 bits per heavy atom. The van der Waals surface area contributed by atoms with Crippen molar-refractivity contribution in [1.29, 1.82) is 0 Å². The molecule has 2 heterocycles. The Morgan fingerprint density at radius 1 is 1.23 bits per heavy atom. The number of aryl methyl sites for hydroxylation is 1. The lowest BCUT2D eigenvalue weighted by Crippen LogP contribution is -2.58. The molecular formula is C20H26N4O2. The molecule has 0 unspecified atom stereocenters. The maximum absolute atomic E-state index is 13.0. The summed E-state index contributed by atoms with van der Waals surface area (Å²) in [5.41, 5.74) is 2.32. The molecular weight excluding hydrogens is 328 g/mol. The fourth-order valence-electron chi connectivity index (χ4n) is 3.40. The van der Waals surface area contributed by atoms with Crippen LogP contribution in [0.5, 0.6) is 0 Å². The predicted octanol–water partition coefficient (Wildman–Crippen LogP) is 2.50. The standard InChI is InChI=1S/C20H26N4O2/c1-14(2)12-16-13-18(22(4)21-16)20(26)23-10-11-24(19(25)15(23)3)17-8-6-5-7-9-17/h5-9,13-15H,10-12H2,1-4H3/t15-/m1/s1. The van der Waals surface area contributed by atoms with Crippen molar-refractivity contribution in [3.8, 4) is 0 Å². The Bertz CT molecular complexity index is 797. The summed E-state index contributed by atoms with van der Waals surface area (Å²) in [6.45, 7) is 7.04. The lowest BCUT2D eigenvalue weighted by Gasteiger charge is -2.39. The molecule has 6 heteroatoms. The average Bonchev–Trinajstić information content (AvgIpc) is 2.97. The molecule has 1 atom stereocenters. The van der Waals surface area contributed by atoms with Gasteiger partial charge in [0.25, 0.3) is 5.91 Å². The van der Waals surface area contributed by atoms with E-state index in [1.807, 2.05) is 36.4 Å². The second kappa shape index (κ2) is 7.32. The second-order valence-electron chi connectivity index (χ2n) is 7.24. The second-order valence-corrected chi connectivity index (χ2v) is 7.24. The molecule has 0 spiro atoms. The number of anilines is 1. The van der Waals surface area contributed by atoms with Gasteiger partial charge in [-0.15, -0.1) is 0 Å². The van der Waals surface area contributed by atoms with Gasteiger partial charge in [-0.05, 0) is 37.5 Å². The highest BCUT2D eigenvalue weighted by molar-refractivity contribution is 6.02. The van der Waals surface area contributed by atoms with Gasteiger partial charge < -0.3 is 9.80 Å². The van der Waals surface area contributed by atoms with E-state index in [0.717, 1.165) is 17.8 Å². The third-order valence-corrected chi connectivity index (χ3v) is 4.75. The molecule has 6 nitrogen and oxygen atoms in total. The minimum absolute atomic E-state index is 0.0552. The minimum Gasteiger partial charge on any atom is -0.324 e. The normalized spacial score (nSPS) is 17.9. The summed E-state index contributed by atoms with van der Waals surface area (Å²) in [6, 6.07) is 10.9. The molecule has 1 saturated heterocycles. The molecule has 2 amide bonds. The highest BCUT2D eigenvalue weighted by atomic mass is 16.2. The molecule has 1 aliphatic heterocycles. The van der Waals surface area contributed by atoms with Crippen molar-refractivity contribution in [2.75, 3.05) is 18.0 Å². The van der Waals surface area contributed by atoms with E-state index in [-0.39, 0.29) is 11.8 Å². The van der Waals surface area contributed by atoms with Gasteiger partial charge in [-0.3, -0.25) is 14.3 Å². The lowest BCUT2D eigenvalue weighted by molar-refractivity contribution is -0.124. The largest absolute Gasteiger partial charge is 0.324 e. The number of carbonyl (C=O) groups excluding carboxylic acids is 2. The van der Waals surface area contributed by atoms with Crippen molar-refractivity contribution >= 4 is 17.5 Å². The molecule has 3 rings (SSSR count). The van der Waals surface area contributed by atoms with Crippen LogP contribution in [-0.2, 0) is 18.3 Å². The van der Waals surface area contributed by atoms with Crippen LogP contribution in [0.25, 0.3) is 0 Å². The molecule has 138 valence electrons. The van der Waals surface area contributed by atoms with Gasteiger partial charge in [-0.25, -0.2) is 0 Å². The van der Waals surface area contributed by atoms with E-state index in [1.54, 1.807) is 28.5 Å². The number of para-hydroxylation sites is 1. The Hall–Kier alpha value is -2.63.